The van der Waals surface area contributed by atoms with Crippen molar-refractivity contribution in [2.24, 2.45) is 0 Å². The fraction of sp³-hybridized carbons (Fsp3) is 0.385. The largest absolute Gasteiger partial charge is 0.448 e. The minimum absolute atomic E-state index is 0.120. The van der Waals surface area contributed by atoms with Crippen molar-refractivity contribution in [2.75, 3.05) is 35.6 Å². The number of rotatable bonds is 6. The lowest BCUT2D eigenvalue weighted by molar-refractivity contribution is 0.168. The fourth-order valence-corrected chi connectivity index (χ4v) is 1.55. The molecule has 0 aliphatic carbocycles. The van der Waals surface area contributed by atoms with E-state index in [1.165, 1.54) is 0 Å². The predicted molar refractivity (Wildman–Crippen MR) is 82.6 cm³/mol. The molecule has 1 rings (SSSR count). The van der Waals surface area contributed by atoms with Crippen LogP contribution in [0.25, 0.3) is 0 Å². The summed E-state index contributed by atoms with van der Waals surface area (Å²) in [6.07, 6.45) is -1.23. The smallest absolute Gasteiger partial charge is 0.411 e. The summed E-state index contributed by atoms with van der Waals surface area (Å²) in [5, 5.41) is 5.10. The van der Waals surface area contributed by atoms with Gasteiger partial charge in [0.2, 0.25) is 0 Å². The summed E-state index contributed by atoms with van der Waals surface area (Å²) in [4.78, 5) is 22.9. The quantitative estimate of drug-likeness (QED) is 0.779. The van der Waals surface area contributed by atoms with Gasteiger partial charge in [0.15, 0.2) is 0 Å². The van der Waals surface area contributed by atoms with Gasteiger partial charge in [0.05, 0.1) is 11.8 Å². The highest BCUT2D eigenvalue weighted by Gasteiger charge is 2.08. The van der Waals surface area contributed by atoms with Crippen molar-refractivity contribution < 1.29 is 19.1 Å². The van der Waals surface area contributed by atoms with Crippen molar-refractivity contribution in [3.8, 4) is 0 Å². The third-order valence-corrected chi connectivity index (χ3v) is 2.65. The molecule has 0 saturated carbocycles. The first kappa shape index (κ1) is 17.4. The number of carbonyl (C=O) groups excluding carboxylic acids is 2. The van der Waals surface area contributed by atoms with Gasteiger partial charge in [0.1, 0.15) is 13.2 Å². The van der Waals surface area contributed by atoms with Crippen LogP contribution in [0.5, 0.6) is 0 Å². The maximum atomic E-state index is 11.5. The van der Waals surface area contributed by atoms with Gasteiger partial charge in [-0.05, 0) is 24.6 Å². The Labute approximate surface area is 132 Å². The van der Waals surface area contributed by atoms with E-state index in [0.717, 1.165) is 5.56 Å². The molecule has 0 atom stereocenters. The molecule has 2 N–H and O–H groups in total. The Morgan fingerprint density at radius 3 is 2.19 bits per heavy atom. The molecule has 1 aromatic carbocycles. The molecule has 0 heterocycles. The van der Waals surface area contributed by atoms with E-state index in [-0.39, 0.29) is 25.0 Å². The molecule has 116 valence electrons. The number of aryl methyl sites for hydroxylation is 1. The van der Waals surface area contributed by atoms with E-state index < -0.39 is 12.2 Å². The maximum Gasteiger partial charge on any atom is 0.411 e. The Balaban J connectivity index is 2.66. The summed E-state index contributed by atoms with van der Waals surface area (Å²) >= 11 is 10.8. The van der Waals surface area contributed by atoms with Crippen molar-refractivity contribution in [1.82, 2.24) is 0 Å². The van der Waals surface area contributed by atoms with Crippen molar-refractivity contribution in [3.63, 3.8) is 0 Å². The van der Waals surface area contributed by atoms with Crippen LogP contribution in [0.15, 0.2) is 18.2 Å². The van der Waals surface area contributed by atoms with Gasteiger partial charge < -0.3 is 9.47 Å². The predicted octanol–water partition coefficient (Wildman–Crippen LogP) is 3.57. The van der Waals surface area contributed by atoms with Crippen LogP contribution in [0.1, 0.15) is 5.56 Å². The molecule has 0 aliphatic rings. The van der Waals surface area contributed by atoms with E-state index in [0.29, 0.717) is 11.4 Å². The van der Waals surface area contributed by atoms with E-state index >= 15 is 0 Å². The number of anilines is 2. The number of halogens is 2. The average Bonchev–Trinajstić information content (AvgIpc) is 2.46. The van der Waals surface area contributed by atoms with Gasteiger partial charge in [-0.1, -0.05) is 6.07 Å². The van der Waals surface area contributed by atoms with Crippen LogP contribution in [0.2, 0.25) is 0 Å². The molecule has 0 saturated heterocycles. The standard InChI is InChI=1S/C13H16Cl2N2O4/c1-9-2-3-10(16-12(18)20-6-4-14)8-11(9)17-13(19)21-7-5-15/h2-3,8H,4-7H2,1H3,(H,16,18)(H,17,19). The zero-order chi connectivity index (χ0) is 15.7. The Morgan fingerprint density at radius 1 is 1.05 bits per heavy atom. The van der Waals surface area contributed by atoms with Crippen LogP contribution in [-0.2, 0) is 9.47 Å². The number of benzene rings is 1. The first-order valence-corrected chi connectivity index (χ1v) is 7.24. The molecule has 0 radical (unpaired) electrons. The number of hydrogen-bond acceptors (Lipinski definition) is 4. The zero-order valence-corrected chi connectivity index (χ0v) is 13.0. The Bertz CT molecular complexity index is 497. The van der Waals surface area contributed by atoms with E-state index in [1.807, 2.05) is 6.92 Å². The van der Waals surface area contributed by atoms with E-state index in [2.05, 4.69) is 10.6 Å². The zero-order valence-electron chi connectivity index (χ0n) is 11.4. The third kappa shape index (κ3) is 6.55. The molecule has 1 aromatic rings. The molecule has 2 amide bonds. The van der Waals surface area contributed by atoms with Crippen molar-refractivity contribution in [3.05, 3.63) is 23.8 Å². The van der Waals surface area contributed by atoms with E-state index in [1.54, 1.807) is 18.2 Å². The molecular weight excluding hydrogens is 319 g/mol. The minimum Gasteiger partial charge on any atom is -0.448 e. The van der Waals surface area contributed by atoms with Gasteiger partial charge in [-0.3, -0.25) is 10.6 Å². The molecule has 0 bridgehead atoms. The highest BCUT2D eigenvalue weighted by molar-refractivity contribution is 6.18. The number of carbonyl (C=O) groups is 2. The number of alkyl halides is 2. The number of amides is 2. The van der Waals surface area contributed by atoms with Gasteiger partial charge in [-0.25, -0.2) is 9.59 Å². The second-order valence-corrected chi connectivity index (χ2v) is 4.69. The summed E-state index contributed by atoms with van der Waals surface area (Å²) in [6.45, 7) is 2.05. The van der Waals surface area contributed by atoms with Crippen LogP contribution < -0.4 is 10.6 Å². The number of nitrogens with one attached hydrogen (secondary N) is 2. The molecule has 21 heavy (non-hydrogen) atoms. The first-order valence-electron chi connectivity index (χ1n) is 6.17. The van der Waals surface area contributed by atoms with Crippen LogP contribution >= 0.6 is 23.2 Å². The second-order valence-electron chi connectivity index (χ2n) is 3.93. The summed E-state index contributed by atoms with van der Waals surface area (Å²) in [5.41, 5.74) is 1.81. The van der Waals surface area contributed by atoms with Crippen molar-refractivity contribution in [1.29, 1.82) is 0 Å². The van der Waals surface area contributed by atoms with Gasteiger partial charge in [-0.15, -0.1) is 23.2 Å². The summed E-state index contributed by atoms with van der Waals surface area (Å²) < 4.78 is 9.61. The van der Waals surface area contributed by atoms with E-state index in [9.17, 15) is 9.59 Å². The van der Waals surface area contributed by atoms with Gasteiger partial charge in [0.25, 0.3) is 0 Å². The Hall–Kier alpha value is -1.66. The molecule has 0 spiro atoms. The number of hydrogen-bond donors (Lipinski definition) is 2. The van der Waals surface area contributed by atoms with Gasteiger partial charge in [-0.2, -0.15) is 0 Å². The molecule has 8 heteroatoms. The monoisotopic (exact) mass is 334 g/mol. The fourth-order valence-electron chi connectivity index (χ4n) is 1.40. The second kappa shape index (κ2) is 9.31. The van der Waals surface area contributed by atoms with Crippen LogP contribution in [0.3, 0.4) is 0 Å². The Kier molecular flexibility index (Phi) is 7.71. The Morgan fingerprint density at radius 2 is 1.62 bits per heavy atom. The summed E-state index contributed by atoms with van der Waals surface area (Å²) in [5.74, 6) is 0.445. The molecule has 0 aromatic heterocycles. The average molecular weight is 335 g/mol. The van der Waals surface area contributed by atoms with Crippen LogP contribution in [0.4, 0.5) is 21.0 Å². The molecule has 0 aliphatic heterocycles. The number of ether oxygens (including phenoxy) is 2. The lowest BCUT2D eigenvalue weighted by atomic mass is 10.2. The third-order valence-electron chi connectivity index (χ3n) is 2.34. The molecule has 6 nitrogen and oxygen atoms in total. The maximum absolute atomic E-state index is 11.5. The van der Waals surface area contributed by atoms with E-state index in [4.69, 9.17) is 32.7 Å². The van der Waals surface area contributed by atoms with Gasteiger partial charge in [0, 0.05) is 11.4 Å². The lowest BCUT2D eigenvalue weighted by Gasteiger charge is -2.11. The normalized spacial score (nSPS) is 9.86. The van der Waals surface area contributed by atoms with Crippen molar-refractivity contribution in [2.45, 2.75) is 6.92 Å². The SMILES string of the molecule is Cc1ccc(NC(=O)OCCCl)cc1NC(=O)OCCCl. The molecule has 0 unspecified atom stereocenters. The van der Waals surface area contributed by atoms with Crippen molar-refractivity contribution >= 4 is 46.8 Å². The highest BCUT2D eigenvalue weighted by atomic mass is 35.5. The molecular formula is C13H16Cl2N2O4. The van der Waals surface area contributed by atoms with Gasteiger partial charge >= 0.3 is 12.2 Å². The van der Waals surface area contributed by atoms with Crippen LogP contribution in [0, 0.1) is 6.92 Å². The highest BCUT2D eigenvalue weighted by Crippen LogP contribution is 2.20. The minimum atomic E-state index is -0.616. The summed E-state index contributed by atoms with van der Waals surface area (Å²) in [7, 11) is 0. The molecule has 0 fully saturated rings. The first-order chi connectivity index (χ1) is 10.1. The summed E-state index contributed by atoms with van der Waals surface area (Å²) in [6, 6.07) is 5.03. The topological polar surface area (TPSA) is 76.7 Å². The lowest BCUT2D eigenvalue weighted by Crippen LogP contribution is -2.17. The van der Waals surface area contributed by atoms with Crippen LogP contribution in [-0.4, -0.2) is 37.2 Å².